The van der Waals surface area contributed by atoms with Crippen LogP contribution in [-0.4, -0.2) is 45.4 Å². The average Bonchev–Trinajstić information content (AvgIpc) is 3.37. The maximum atomic E-state index is 12.9. The van der Waals surface area contributed by atoms with E-state index in [1.54, 1.807) is 0 Å². The number of rotatable bonds is 6. The van der Waals surface area contributed by atoms with E-state index in [9.17, 15) is 4.79 Å². The molecular formula is C21H25N5O. The second kappa shape index (κ2) is 7.88. The zero-order valence-electron chi connectivity index (χ0n) is 15.6. The molecular weight excluding hydrogens is 338 g/mol. The number of nitrogens with zero attached hydrogens (tertiary/aromatic N) is 4. The number of aryl methyl sites for hydroxylation is 1. The molecule has 1 amide bonds. The van der Waals surface area contributed by atoms with Crippen molar-refractivity contribution < 1.29 is 4.79 Å². The van der Waals surface area contributed by atoms with Gasteiger partial charge in [-0.1, -0.05) is 35.5 Å². The highest BCUT2D eigenvalue weighted by Crippen LogP contribution is 2.19. The molecule has 1 unspecified atom stereocenters. The van der Waals surface area contributed by atoms with Gasteiger partial charge in [-0.3, -0.25) is 4.79 Å². The predicted molar refractivity (Wildman–Crippen MR) is 106 cm³/mol. The lowest BCUT2D eigenvalue weighted by Crippen LogP contribution is -2.37. The third-order valence-corrected chi connectivity index (χ3v) is 5.22. The molecule has 27 heavy (non-hydrogen) atoms. The van der Waals surface area contributed by atoms with Crippen LogP contribution in [0.3, 0.4) is 0 Å². The van der Waals surface area contributed by atoms with Crippen LogP contribution >= 0.6 is 0 Å². The van der Waals surface area contributed by atoms with Gasteiger partial charge in [0.15, 0.2) is 0 Å². The van der Waals surface area contributed by atoms with Gasteiger partial charge in [-0.2, -0.15) is 0 Å². The monoisotopic (exact) mass is 363 g/mol. The summed E-state index contributed by atoms with van der Waals surface area (Å²) >= 11 is 0. The van der Waals surface area contributed by atoms with E-state index in [1.165, 1.54) is 12.8 Å². The van der Waals surface area contributed by atoms with Gasteiger partial charge >= 0.3 is 0 Å². The summed E-state index contributed by atoms with van der Waals surface area (Å²) in [7, 11) is 0. The fourth-order valence-corrected chi connectivity index (χ4v) is 3.73. The zero-order valence-corrected chi connectivity index (χ0v) is 15.6. The molecule has 1 N–H and O–H groups in total. The third kappa shape index (κ3) is 3.85. The Morgan fingerprint density at radius 3 is 2.67 bits per heavy atom. The topological polar surface area (TPSA) is 63.1 Å². The molecule has 1 aliphatic rings. The molecule has 2 aromatic carbocycles. The second-order valence-corrected chi connectivity index (χ2v) is 7.05. The maximum absolute atomic E-state index is 12.9. The molecule has 1 atom stereocenters. The normalized spacial score (nSPS) is 15.9. The first-order valence-electron chi connectivity index (χ1n) is 9.66. The van der Waals surface area contributed by atoms with E-state index in [-0.39, 0.29) is 11.9 Å². The van der Waals surface area contributed by atoms with Gasteiger partial charge in [-0.25, -0.2) is 4.68 Å². The predicted octanol–water partition coefficient (Wildman–Crippen LogP) is 3.02. The summed E-state index contributed by atoms with van der Waals surface area (Å²) < 4.78 is 1.83. The Balaban J connectivity index is 1.55. The molecule has 3 aromatic rings. The van der Waals surface area contributed by atoms with Crippen LogP contribution in [0.25, 0.3) is 11.0 Å². The van der Waals surface area contributed by atoms with Crippen LogP contribution in [0.5, 0.6) is 0 Å². The van der Waals surface area contributed by atoms with Crippen LogP contribution in [0.4, 0.5) is 0 Å². The highest BCUT2D eigenvalue weighted by atomic mass is 16.1. The molecule has 1 aliphatic heterocycles. The molecule has 6 nitrogen and oxygen atoms in total. The Labute approximate surface area is 159 Å². The summed E-state index contributed by atoms with van der Waals surface area (Å²) in [6.45, 7) is 5.83. The van der Waals surface area contributed by atoms with Crippen molar-refractivity contribution in [3.63, 3.8) is 0 Å². The average molecular weight is 363 g/mol. The molecule has 140 valence electrons. The molecule has 0 radical (unpaired) electrons. The first-order valence-corrected chi connectivity index (χ1v) is 9.66. The zero-order chi connectivity index (χ0) is 18.6. The number of nitrogens with one attached hydrogen (secondary N) is 1. The van der Waals surface area contributed by atoms with Crippen molar-refractivity contribution in [1.29, 1.82) is 0 Å². The summed E-state index contributed by atoms with van der Waals surface area (Å²) in [5.41, 5.74) is 3.45. The van der Waals surface area contributed by atoms with Gasteiger partial charge in [0.2, 0.25) is 0 Å². The lowest BCUT2D eigenvalue weighted by molar-refractivity contribution is 0.0927. The molecule has 0 aliphatic carbocycles. The van der Waals surface area contributed by atoms with E-state index in [4.69, 9.17) is 0 Å². The molecule has 4 rings (SSSR count). The fourth-order valence-electron chi connectivity index (χ4n) is 3.73. The lowest BCUT2D eigenvalue weighted by atomic mass is 10.1. The molecule has 6 heteroatoms. The van der Waals surface area contributed by atoms with Crippen molar-refractivity contribution in [2.24, 2.45) is 0 Å². The van der Waals surface area contributed by atoms with E-state index >= 15 is 0 Å². The second-order valence-electron chi connectivity index (χ2n) is 7.05. The molecule has 0 saturated carbocycles. The van der Waals surface area contributed by atoms with Crippen LogP contribution in [0.15, 0.2) is 48.5 Å². The molecule has 2 heterocycles. The number of hydrogen-bond acceptors (Lipinski definition) is 4. The first kappa shape index (κ1) is 17.7. The third-order valence-electron chi connectivity index (χ3n) is 5.22. The molecule has 1 saturated heterocycles. The smallest absolute Gasteiger partial charge is 0.251 e. The van der Waals surface area contributed by atoms with Gasteiger partial charge in [0.05, 0.1) is 11.6 Å². The Hall–Kier alpha value is -2.73. The standard InChI is InChI=1S/C21H25N5O/c1-2-26-20-11-10-17(14-18(20)23-24-26)21(27)22-19(15-25-12-6-7-13-25)16-8-4-3-5-9-16/h3-5,8-11,14,19H,2,6-7,12-13,15H2,1H3,(H,22,27). The van der Waals surface area contributed by atoms with Crippen LogP contribution in [0.1, 0.15) is 41.7 Å². The van der Waals surface area contributed by atoms with Crippen molar-refractivity contribution in [2.75, 3.05) is 19.6 Å². The highest BCUT2D eigenvalue weighted by molar-refractivity contribution is 5.97. The SMILES string of the molecule is CCn1nnc2cc(C(=O)NC(CN3CCCC3)c3ccccc3)ccc21. The summed E-state index contributed by atoms with van der Waals surface area (Å²) in [4.78, 5) is 15.4. The van der Waals surface area contributed by atoms with Gasteiger partial charge in [-0.05, 0) is 56.6 Å². The first-order chi connectivity index (χ1) is 13.2. The van der Waals surface area contributed by atoms with Gasteiger partial charge in [0.25, 0.3) is 5.91 Å². The largest absolute Gasteiger partial charge is 0.344 e. The van der Waals surface area contributed by atoms with Gasteiger partial charge < -0.3 is 10.2 Å². The number of hydrogen-bond donors (Lipinski definition) is 1. The van der Waals surface area contributed by atoms with Gasteiger partial charge in [0.1, 0.15) is 5.52 Å². The summed E-state index contributed by atoms with van der Waals surface area (Å²) in [6.07, 6.45) is 2.47. The molecule has 0 spiro atoms. The quantitative estimate of drug-likeness (QED) is 0.731. The summed E-state index contributed by atoms with van der Waals surface area (Å²) in [6, 6.07) is 15.8. The van der Waals surface area contributed by atoms with E-state index in [1.807, 2.05) is 48.0 Å². The van der Waals surface area contributed by atoms with Crippen molar-refractivity contribution in [3.05, 3.63) is 59.7 Å². The van der Waals surface area contributed by atoms with Gasteiger partial charge in [0, 0.05) is 18.7 Å². The molecule has 1 fully saturated rings. The van der Waals surface area contributed by atoms with E-state index in [0.717, 1.165) is 42.8 Å². The van der Waals surface area contributed by atoms with Crippen LogP contribution in [0.2, 0.25) is 0 Å². The Kier molecular flexibility index (Phi) is 5.16. The lowest BCUT2D eigenvalue weighted by Gasteiger charge is -2.25. The maximum Gasteiger partial charge on any atom is 0.251 e. The van der Waals surface area contributed by atoms with E-state index < -0.39 is 0 Å². The number of likely N-dealkylation sites (tertiary alicyclic amines) is 1. The minimum atomic E-state index is -0.0731. The van der Waals surface area contributed by atoms with Crippen molar-refractivity contribution in [3.8, 4) is 0 Å². The number of amides is 1. The fraction of sp³-hybridized carbons (Fsp3) is 0.381. The van der Waals surface area contributed by atoms with Crippen LogP contribution in [0, 0.1) is 0 Å². The van der Waals surface area contributed by atoms with Crippen LogP contribution < -0.4 is 5.32 Å². The van der Waals surface area contributed by atoms with Gasteiger partial charge in [-0.15, -0.1) is 5.10 Å². The Morgan fingerprint density at radius 1 is 1.15 bits per heavy atom. The highest BCUT2D eigenvalue weighted by Gasteiger charge is 2.21. The molecule has 0 bridgehead atoms. The number of benzene rings is 2. The number of carbonyl (C=O) groups is 1. The van der Waals surface area contributed by atoms with E-state index in [2.05, 4.69) is 32.7 Å². The number of carbonyl (C=O) groups excluding carboxylic acids is 1. The van der Waals surface area contributed by atoms with Crippen molar-refractivity contribution in [1.82, 2.24) is 25.2 Å². The number of fused-ring (bicyclic) bond motifs is 1. The Bertz CT molecular complexity index is 915. The molecule has 1 aromatic heterocycles. The van der Waals surface area contributed by atoms with Crippen molar-refractivity contribution in [2.45, 2.75) is 32.4 Å². The van der Waals surface area contributed by atoms with E-state index in [0.29, 0.717) is 5.56 Å². The summed E-state index contributed by atoms with van der Waals surface area (Å²) in [5.74, 6) is -0.0731. The Morgan fingerprint density at radius 2 is 1.93 bits per heavy atom. The van der Waals surface area contributed by atoms with Crippen LogP contribution in [-0.2, 0) is 6.54 Å². The minimum Gasteiger partial charge on any atom is -0.344 e. The summed E-state index contributed by atoms with van der Waals surface area (Å²) in [5, 5.41) is 11.5. The number of aromatic nitrogens is 3. The van der Waals surface area contributed by atoms with Crippen molar-refractivity contribution >= 4 is 16.9 Å². The minimum absolute atomic E-state index is 0.0289.